The van der Waals surface area contributed by atoms with Crippen LogP contribution >= 0.6 is 11.3 Å². The van der Waals surface area contributed by atoms with Crippen LogP contribution in [-0.2, 0) is 6.42 Å². The summed E-state index contributed by atoms with van der Waals surface area (Å²) in [6.45, 7) is 13.8. The molecule has 2 atom stereocenters. The molecule has 2 heterocycles. The van der Waals surface area contributed by atoms with Crippen molar-refractivity contribution < 1.29 is 0 Å². The van der Waals surface area contributed by atoms with Crippen LogP contribution in [0, 0.1) is 0 Å². The highest BCUT2D eigenvalue weighted by Crippen LogP contribution is 2.34. The fourth-order valence-corrected chi connectivity index (χ4v) is 3.92. The minimum Gasteiger partial charge on any atom is -0.312 e. The molecule has 2 rings (SSSR count). The molecular formula is C16H28N2S. The van der Waals surface area contributed by atoms with Gasteiger partial charge in [0.2, 0.25) is 0 Å². The van der Waals surface area contributed by atoms with E-state index >= 15 is 0 Å². The number of nitrogens with zero attached hydrogens (tertiary/aromatic N) is 1. The number of fused-ring (bicyclic) bond motifs is 1. The molecule has 1 aromatic rings. The number of hydrogen-bond acceptors (Lipinski definition) is 3. The molecule has 2 unspecified atom stereocenters. The normalized spacial score (nSPS) is 22.3. The first kappa shape index (κ1) is 15.0. The van der Waals surface area contributed by atoms with Crippen LogP contribution in [0.5, 0.6) is 0 Å². The van der Waals surface area contributed by atoms with Crippen molar-refractivity contribution in [3.63, 3.8) is 0 Å². The summed E-state index contributed by atoms with van der Waals surface area (Å²) in [4.78, 5) is 4.27. The van der Waals surface area contributed by atoms with Crippen LogP contribution in [0.4, 0.5) is 0 Å². The summed E-state index contributed by atoms with van der Waals surface area (Å²) < 4.78 is 0. The summed E-state index contributed by atoms with van der Waals surface area (Å²) in [5.74, 6) is 0. The van der Waals surface area contributed by atoms with Gasteiger partial charge in [0.25, 0.3) is 0 Å². The van der Waals surface area contributed by atoms with Crippen LogP contribution in [0.25, 0.3) is 0 Å². The molecule has 1 aromatic heterocycles. The Bertz CT molecular complexity index is 405. The second-order valence-electron chi connectivity index (χ2n) is 6.78. The molecule has 0 aliphatic carbocycles. The number of hydrogen-bond donors (Lipinski definition) is 1. The van der Waals surface area contributed by atoms with E-state index in [4.69, 9.17) is 0 Å². The predicted molar refractivity (Wildman–Crippen MR) is 85.0 cm³/mol. The second kappa shape index (κ2) is 5.94. The van der Waals surface area contributed by atoms with E-state index in [9.17, 15) is 0 Å². The zero-order chi connectivity index (χ0) is 14.0. The van der Waals surface area contributed by atoms with E-state index in [1.165, 1.54) is 19.4 Å². The number of rotatable bonds is 4. The molecule has 0 saturated carbocycles. The van der Waals surface area contributed by atoms with Crippen molar-refractivity contribution in [2.24, 2.45) is 0 Å². The zero-order valence-corrected chi connectivity index (χ0v) is 13.8. The molecule has 1 aliphatic heterocycles. The molecule has 1 N–H and O–H groups in total. The largest absolute Gasteiger partial charge is 0.312 e. The fraction of sp³-hybridized carbons (Fsp3) is 0.750. The molecule has 0 saturated heterocycles. The van der Waals surface area contributed by atoms with Crippen LogP contribution in [-0.4, -0.2) is 29.6 Å². The maximum atomic E-state index is 3.60. The van der Waals surface area contributed by atoms with Gasteiger partial charge in [0.05, 0.1) is 0 Å². The van der Waals surface area contributed by atoms with Crippen molar-refractivity contribution in [2.75, 3.05) is 13.1 Å². The third-order valence-electron chi connectivity index (χ3n) is 4.11. The van der Waals surface area contributed by atoms with Gasteiger partial charge in [0.15, 0.2) is 0 Å². The summed E-state index contributed by atoms with van der Waals surface area (Å²) in [6, 6.07) is 3.55. The van der Waals surface area contributed by atoms with Gasteiger partial charge in [-0.15, -0.1) is 11.3 Å². The molecule has 19 heavy (non-hydrogen) atoms. The van der Waals surface area contributed by atoms with Crippen LogP contribution in [0.1, 0.15) is 57.5 Å². The Kier molecular flexibility index (Phi) is 4.70. The minimum atomic E-state index is 0.230. The molecule has 108 valence electrons. The monoisotopic (exact) mass is 280 g/mol. The molecule has 0 fully saturated rings. The van der Waals surface area contributed by atoms with Crippen molar-refractivity contribution in [2.45, 2.75) is 65.1 Å². The van der Waals surface area contributed by atoms with Crippen LogP contribution in [0.2, 0.25) is 0 Å². The Morgan fingerprint density at radius 2 is 2.21 bits per heavy atom. The summed E-state index contributed by atoms with van der Waals surface area (Å²) in [7, 11) is 0. The van der Waals surface area contributed by atoms with Gasteiger partial charge in [0, 0.05) is 29.0 Å². The Morgan fingerprint density at radius 1 is 1.47 bits per heavy atom. The molecule has 2 nitrogen and oxygen atoms in total. The standard InChI is InChI=1S/C16H28N2S/c1-12(6-9-17-16(3,4)5)18-10-7-15-14(13(18)2)8-11-19-15/h8,11-13,17H,6-7,9-10H2,1-5H3. The highest BCUT2D eigenvalue weighted by atomic mass is 32.1. The highest BCUT2D eigenvalue weighted by molar-refractivity contribution is 7.10. The Hall–Kier alpha value is -0.380. The van der Waals surface area contributed by atoms with Crippen molar-refractivity contribution in [1.82, 2.24) is 10.2 Å². The Labute approximate surface area is 122 Å². The van der Waals surface area contributed by atoms with Crippen molar-refractivity contribution in [3.8, 4) is 0 Å². The van der Waals surface area contributed by atoms with E-state index in [0.717, 1.165) is 6.54 Å². The highest BCUT2D eigenvalue weighted by Gasteiger charge is 2.27. The van der Waals surface area contributed by atoms with Crippen LogP contribution in [0.3, 0.4) is 0 Å². The Morgan fingerprint density at radius 3 is 2.89 bits per heavy atom. The summed E-state index contributed by atoms with van der Waals surface area (Å²) in [6.07, 6.45) is 2.45. The quantitative estimate of drug-likeness (QED) is 0.901. The lowest BCUT2D eigenvalue weighted by molar-refractivity contribution is 0.136. The first-order valence-electron chi connectivity index (χ1n) is 7.45. The van der Waals surface area contributed by atoms with Crippen molar-refractivity contribution in [1.29, 1.82) is 0 Å². The van der Waals surface area contributed by atoms with Crippen molar-refractivity contribution >= 4 is 11.3 Å². The van der Waals surface area contributed by atoms with Gasteiger partial charge < -0.3 is 5.32 Å². The first-order valence-corrected chi connectivity index (χ1v) is 8.33. The first-order chi connectivity index (χ1) is 8.88. The van der Waals surface area contributed by atoms with Crippen molar-refractivity contribution in [3.05, 3.63) is 21.9 Å². The molecule has 0 aromatic carbocycles. The maximum absolute atomic E-state index is 3.60. The van der Waals surface area contributed by atoms with Crippen LogP contribution in [0.15, 0.2) is 11.4 Å². The van der Waals surface area contributed by atoms with Crippen LogP contribution < -0.4 is 5.32 Å². The molecule has 1 aliphatic rings. The summed E-state index contributed by atoms with van der Waals surface area (Å²) >= 11 is 1.93. The van der Waals surface area contributed by atoms with Gasteiger partial charge in [-0.3, -0.25) is 4.90 Å². The third-order valence-corrected chi connectivity index (χ3v) is 5.10. The molecule has 0 radical (unpaired) electrons. The molecule has 0 spiro atoms. The van der Waals surface area contributed by atoms with E-state index in [0.29, 0.717) is 12.1 Å². The molecule has 3 heteroatoms. The minimum absolute atomic E-state index is 0.230. The second-order valence-corrected chi connectivity index (χ2v) is 7.78. The topological polar surface area (TPSA) is 15.3 Å². The molecule has 0 amide bonds. The van der Waals surface area contributed by atoms with Gasteiger partial charge in [-0.25, -0.2) is 0 Å². The van der Waals surface area contributed by atoms with Gasteiger partial charge in [-0.2, -0.15) is 0 Å². The van der Waals surface area contributed by atoms with E-state index in [1.54, 1.807) is 10.4 Å². The summed E-state index contributed by atoms with van der Waals surface area (Å²) in [5, 5.41) is 5.84. The van der Waals surface area contributed by atoms with E-state index in [-0.39, 0.29) is 5.54 Å². The SMILES string of the molecule is CC(CCNC(C)(C)C)N1CCc2sccc2C1C. The molecule has 0 bridgehead atoms. The summed E-state index contributed by atoms with van der Waals surface area (Å²) in [5.41, 5.74) is 1.79. The van der Waals surface area contributed by atoms with Gasteiger partial charge in [0.1, 0.15) is 0 Å². The van der Waals surface area contributed by atoms with E-state index < -0.39 is 0 Å². The number of nitrogens with one attached hydrogen (secondary N) is 1. The zero-order valence-electron chi connectivity index (χ0n) is 13.0. The number of thiophene rings is 1. The lowest BCUT2D eigenvalue weighted by Gasteiger charge is -2.38. The maximum Gasteiger partial charge on any atom is 0.0333 e. The average molecular weight is 280 g/mol. The fourth-order valence-electron chi connectivity index (χ4n) is 2.95. The Balaban J connectivity index is 1.89. The predicted octanol–water partition coefficient (Wildman–Crippen LogP) is 3.83. The lowest BCUT2D eigenvalue weighted by Crippen LogP contribution is -2.43. The van der Waals surface area contributed by atoms with Gasteiger partial charge in [-0.1, -0.05) is 0 Å². The van der Waals surface area contributed by atoms with Gasteiger partial charge >= 0.3 is 0 Å². The lowest BCUT2D eigenvalue weighted by atomic mass is 9.98. The average Bonchev–Trinajstić information content (AvgIpc) is 2.76. The molecular weight excluding hydrogens is 252 g/mol. The van der Waals surface area contributed by atoms with E-state index in [2.05, 4.69) is 56.3 Å². The van der Waals surface area contributed by atoms with E-state index in [1.807, 2.05) is 11.3 Å². The third kappa shape index (κ3) is 3.80. The van der Waals surface area contributed by atoms with Gasteiger partial charge in [-0.05, 0) is 71.0 Å². The smallest absolute Gasteiger partial charge is 0.0333 e.